The van der Waals surface area contributed by atoms with E-state index in [4.69, 9.17) is 0 Å². The predicted molar refractivity (Wildman–Crippen MR) is 94.8 cm³/mol. The smallest absolute Gasteiger partial charge is 0.308 e. The number of aryl methyl sites for hydroxylation is 1. The van der Waals surface area contributed by atoms with Gasteiger partial charge < -0.3 is 5.32 Å². The molecule has 0 bridgehead atoms. The highest BCUT2D eigenvalue weighted by molar-refractivity contribution is 5.89. The van der Waals surface area contributed by atoms with E-state index in [1.165, 1.54) is 10.2 Å². The minimum atomic E-state index is -0.524. The van der Waals surface area contributed by atoms with Crippen LogP contribution in [0.5, 0.6) is 0 Å². The predicted octanol–water partition coefficient (Wildman–Crippen LogP) is 2.29. The summed E-state index contributed by atoms with van der Waals surface area (Å²) in [6.07, 6.45) is 2.92. The van der Waals surface area contributed by atoms with Crippen LogP contribution >= 0.6 is 0 Å². The summed E-state index contributed by atoms with van der Waals surface area (Å²) in [6, 6.07) is 9.72. The summed E-state index contributed by atoms with van der Waals surface area (Å²) in [4.78, 5) is 22.4. The van der Waals surface area contributed by atoms with E-state index in [9.17, 15) is 14.9 Å². The van der Waals surface area contributed by atoms with Crippen molar-refractivity contribution >= 4 is 17.4 Å². The van der Waals surface area contributed by atoms with Crippen molar-refractivity contribution in [2.24, 2.45) is 0 Å². The third kappa shape index (κ3) is 3.77. The van der Waals surface area contributed by atoms with Crippen LogP contribution in [0.4, 0.5) is 11.5 Å². The molecule has 134 valence electrons. The van der Waals surface area contributed by atoms with E-state index in [1.54, 1.807) is 23.9 Å². The fraction of sp³-hybridized carbons (Fsp3) is 0.235. The zero-order chi connectivity index (χ0) is 18.7. The minimum absolute atomic E-state index is 0.111. The highest BCUT2D eigenvalue weighted by Gasteiger charge is 2.18. The van der Waals surface area contributed by atoms with Crippen molar-refractivity contribution in [3.05, 3.63) is 69.7 Å². The number of amides is 1. The maximum Gasteiger partial charge on any atom is 0.309 e. The van der Waals surface area contributed by atoms with E-state index in [0.29, 0.717) is 18.1 Å². The van der Waals surface area contributed by atoms with Gasteiger partial charge in [0.05, 0.1) is 11.5 Å². The van der Waals surface area contributed by atoms with Gasteiger partial charge in [0.2, 0.25) is 5.91 Å². The van der Waals surface area contributed by atoms with Crippen LogP contribution in [0.25, 0.3) is 0 Å². The molecule has 0 aliphatic rings. The third-order valence-corrected chi connectivity index (χ3v) is 4.07. The van der Waals surface area contributed by atoms with Crippen molar-refractivity contribution in [1.29, 1.82) is 0 Å². The van der Waals surface area contributed by atoms with Crippen LogP contribution < -0.4 is 5.32 Å². The van der Waals surface area contributed by atoms with E-state index in [-0.39, 0.29) is 18.1 Å². The molecule has 26 heavy (non-hydrogen) atoms. The lowest BCUT2D eigenvalue weighted by atomic mass is 10.1. The minimum Gasteiger partial charge on any atom is -0.308 e. The van der Waals surface area contributed by atoms with Crippen molar-refractivity contribution in [1.82, 2.24) is 19.6 Å². The summed E-state index contributed by atoms with van der Waals surface area (Å²) in [5, 5.41) is 21.7. The molecule has 2 heterocycles. The number of hydrogen-bond donors (Lipinski definition) is 1. The molecule has 9 nitrogen and oxygen atoms in total. The molecule has 9 heteroatoms. The number of nitrogens with zero attached hydrogens (tertiary/aromatic N) is 5. The molecule has 0 saturated heterocycles. The van der Waals surface area contributed by atoms with Crippen molar-refractivity contribution in [2.45, 2.75) is 26.9 Å². The number of aromatic nitrogens is 4. The first-order valence-corrected chi connectivity index (χ1v) is 7.98. The first-order chi connectivity index (χ1) is 12.4. The number of benzene rings is 1. The normalized spacial score (nSPS) is 10.7. The molecule has 0 aliphatic heterocycles. The van der Waals surface area contributed by atoms with Gasteiger partial charge >= 0.3 is 5.69 Å². The second-order valence-corrected chi connectivity index (χ2v) is 5.90. The van der Waals surface area contributed by atoms with Gasteiger partial charge in [0.15, 0.2) is 5.82 Å². The maximum absolute atomic E-state index is 12.1. The molecule has 0 radical (unpaired) electrons. The Bertz CT molecular complexity index is 959. The van der Waals surface area contributed by atoms with Gasteiger partial charge in [-0.1, -0.05) is 24.3 Å². The largest absolute Gasteiger partial charge is 0.309 e. The third-order valence-electron chi connectivity index (χ3n) is 4.07. The lowest BCUT2D eigenvalue weighted by Gasteiger charge is -2.06. The summed E-state index contributed by atoms with van der Waals surface area (Å²) in [5.74, 6) is 0.0649. The van der Waals surface area contributed by atoms with Gasteiger partial charge in [0, 0.05) is 12.3 Å². The van der Waals surface area contributed by atoms with E-state index in [1.807, 2.05) is 31.2 Å². The molecule has 0 aliphatic carbocycles. The summed E-state index contributed by atoms with van der Waals surface area (Å²) in [5.41, 5.74) is 2.54. The number of anilines is 1. The van der Waals surface area contributed by atoms with Gasteiger partial charge in [0.1, 0.15) is 18.4 Å². The number of nitro groups is 1. The number of hydrogen-bond acceptors (Lipinski definition) is 5. The lowest BCUT2D eigenvalue weighted by molar-refractivity contribution is -0.385. The van der Waals surface area contributed by atoms with Gasteiger partial charge in [-0.3, -0.25) is 24.3 Å². The van der Waals surface area contributed by atoms with Crippen molar-refractivity contribution < 1.29 is 9.72 Å². The molecular formula is C17H18N6O3. The SMILES string of the molecule is Cc1ccccc1Cn1ccc(NC(=O)Cn2ncc([N+](=O)[O-])c2C)n1. The highest BCUT2D eigenvalue weighted by Crippen LogP contribution is 2.16. The first kappa shape index (κ1) is 17.3. The van der Waals surface area contributed by atoms with Gasteiger partial charge in [0.25, 0.3) is 0 Å². The second kappa shape index (κ2) is 7.18. The lowest BCUT2D eigenvalue weighted by Crippen LogP contribution is -2.20. The maximum atomic E-state index is 12.1. The van der Waals surface area contributed by atoms with Crippen molar-refractivity contribution in [3.8, 4) is 0 Å². The summed E-state index contributed by atoms with van der Waals surface area (Å²) in [6.45, 7) is 4.07. The number of rotatable bonds is 6. The Kier molecular flexibility index (Phi) is 4.78. The average molecular weight is 354 g/mol. The van der Waals surface area contributed by atoms with Crippen LogP contribution in [-0.4, -0.2) is 30.4 Å². The van der Waals surface area contributed by atoms with E-state index in [2.05, 4.69) is 15.5 Å². The van der Waals surface area contributed by atoms with Crippen LogP contribution in [0.2, 0.25) is 0 Å². The Hall–Kier alpha value is -3.49. The highest BCUT2D eigenvalue weighted by atomic mass is 16.6. The molecule has 3 aromatic rings. The van der Waals surface area contributed by atoms with E-state index in [0.717, 1.165) is 11.8 Å². The molecule has 0 spiro atoms. The Morgan fingerprint density at radius 3 is 2.73 bits per heavy atom. The standard InChI is InChI=1S/C17H18N6O3/c1-12-5-3-4-6-14(12)10-21-8-7-16(20-21)19-17(24)11-22-13(2)15(9-18-22)23(25)26/h3-9H,10-11H2,1-2H3,(H,19,20,24). The molecule has 0 atom stereocenters. The Morgan fingerprint density at radius 1 is 1.27 bits per heavy atom. The molecule has 0 unspecified atom stereocenters. The van der Waals surface area contributed by atoms with Crippen LogP contribution in [0.3, 0.4) is 0 Å². The number of nitrogens with one attached hydrogen (secondary N) is 1. The topological polar surface area (TPSA) is 108 Å². The van der Waals surface area contributed by atoms with Gasteiger partial charge in [-0.15, -0.1) is 0 Å². The van der Waals surface area contributed by atoms with E-state index < -0.39 is 4.92 Å². The van der Waals surface area contributed by atoms with Gasteiger partial charge in [-0.25, -0.2) is 0 Å². The van der Waals surface area contributed by atoms with Crippen molar-refractivity contribution in [3.63, 3.8) is 0 Å². The van der Waals surface area contributed by atoms with Crippen LogP contribution in [0.15, 0.2) is 42.7 Å². The fourth-order valence-electron chi connectivity index (χ4n) is 2.57. The Balaban J connectivity index is 1.63. The van der Waals surface area contributed by atoms with Crippen LogP contribution in [0, 0.1) is 24.0 Å². The molecule has 1 amide bonds. The summed E-state index contributed by atoms with van der Waals surface area (Å²) in [7, 11) is 0. The Labute approximate surface area is 149 Å². The molecule has 3 rings (SSSR count). The molecule has 1 N–H and O–H groups in total. The van der Waals surface area contributed by atoms with Crippen LogP contribution in [0.1, 0.15) is 16.8 Å². The summed E-state index contributed by atoms with van der Waals surface area (Å²) < 4.78 is 3.03. The second-order valence-electron chi connectivity index (χ2n) is 5.90. The quantitative estimate of drug-likeness (QED) is 0.540. The number of carbonyl (C=O) groups is 1. The zero-order valence-electron chi connectivity index (χ0n) is 14.4. The van der Waals surface area contributed by atoms with Crippen molar-refractivity contribution in [2.75, 3.05) is 5.32 Å². The molecule has 0 fully saturated rings. The average Bonchev–Trinajstić information content (AvgIpc) is 3.17. The molecule has 2 aromatic heterocycles. The molecular weight excluding hydrogens is 336 g/mol. The van der Waals surface area contributed by atoms with Gasteiger partial charge in [-0.05, 0) is 25.0 Å². The fourth-order valence-corrected chi connectivity index (χ4v) is 2.57. The van der Waals surface area contributed by atoms with Crippen LogP contribution in [-0.2, 0) is 17.9 Å². The zero-order valence-corrected chi connectivity index (χ0v) is 14.4. The van der Waals surface area contributed by atoms with E-state index >= 15 is 0 Å². The first-order valence-electron chi connectivity index (χ1n) is 7.98. The monoisotopic (exact) mass is 354 g/mol. The van der Waals surface area contributed by atoms with Gasteiger partial charge in [-0.2, -0.15) is 10.2 Å². The Morgan fingerprint density at radius 2 is 2.04 bits per heavy atom. The molecule has 0 saturated carbocycles. The molecule has 1 aromatic carbocycles. The summed E-state index contributed by atoms with van der Waals surface area (Å²) >= 11 is 0. The number of carbonyl (C=O) groups excluding carboxylic acids is 1.